The van der Waals surface area contributed by atoms with Gasteiger partial charge < -0.3 is 9.80 Å². The normalized spacial score (nSPS) is 16.4. The van der Waals surface area contributed by atoms with Crippen LogP contribution in [-0.2, 0) is 0 Å². The fourth-order valence-corrected chi connectivity index (χ4v) is 3.26. The van der Waals surface area contributed by atoms with E-state index in [1.807, 2.05) is 24.4 Å². The molecule has 0 spiro atoms. The zero-order chi connectivity index (χ0) is 17.0. The standard InChI is InChI=1S/C18H16N6O/c1-23-15-7-6-14(11-9-20-21-10-11)22-17(15)24(12-4-5-12)16-13(18(23)25)3-2-8-19-16/h2-3,6-10,12H,4-5H2,1H3,(H,20,21). The number of carbonyl (C=O) groups excluding carboxylic acids is 1. The lowest BCUT2D eigenvalue weighted by atomic mass is 10.2. The molecule has 2 aliphatic rings. The zero-order valence-electron chi connectivity index (χ0n) is 13.7. The van der Waals surface area contributed by atoms with Gasteiger partial charge in [-0.1, -0.05) is 0 Å². The number of H-pyrrole nitrogens is 1. The molecule has 1 fully saturated rings. The summed E-state index contributed by atoms with van der Waals surface area (Å²) in [6.07, 6.45) is 7.43. The minimum absolute atomic E-state index is 0.0645. The number of hydrogen-bond acceptors (Lipinski definition) is 5. The van der Waals surface area contributed by atoms with E-state index in [4.69, 9.17) is 4.98 Å². The summed E-state index contributed by atoms with van der Waals surface area (Å²) >= 11 is 0. The highest BCUT2D eigenvalue weighted by atomic mass is 16.2. The number of nitrogens with zero attached hydrogens (tertiary/aromatic N) is 5. The molecular weight excluding hydrogens is 316 g/mol. The van der Waals surface area contributed by atoms with Gasteiger partial charge in [-0.15, -0.1) is 0 Å². The summed E-state index contributed by atoms with van der Waals surface area (Å²) in [5.74, 6) is 1.40. The van der Waals surface area contributed by atoms with E-state index in [0.29, 0.717) is 17.4 Å². The third-order valence-electron chi connectivity index (χ3n) is 4.70. The summed E-state index contributed by atoms with van der Waals surface area (Å²) in [7, 11) is 1.79. The first-order chi connectivity index (χ1) is 12.2. The number of hydrogen-bond donors (Lipinski definition) is 1. The van der Waals surface area contributed by atoms with E-state index < -0.39 is 0 Å². The Kier molecular flexibility index (Phi) is 2.91. The second kappa shape index (κ2) is 5.14. The van der Waals surface area contributed by atoms with Crippen molar-refractivity contribution >= 4 is 23.2 Å². The molecule has 1 amide bonds. The molecule has 1 N–H and O–H groups in total. The number of aromatic amines is 1. The number of nitrogens with one attached hydrogen (secondary N) is 1. The number of rotatable bonds is 2. The van der Waals surface area contributed by atoms with Crippen LogP contribution in [0.1, 0.15) is 23.2 Å². The van der Waals surface area contributed by atoms with Crippen LogP contribution >= 0.6 is 0 Å². The van der Waals surface area contributed by atoms with Crippen LogP contribution in [0.4, 0.5) is 17.3 Å². The van der Waals surface area contributed by atoms with Crippen LogP contribution in [0, 0.1) is 0 Å². The molecule has 25 heavy (non-hydrogen) atoms. The summed E-state index contributed by atoms with van der Waals surface area (Å²) in [6, 6.07) is 7.83. The smallest absolute Gasteiger partial charge is 0.261 e. The van der Waals surface area contributed by atoms with Crippen LogP contribution in [0.15, 0.2) is 42.9 Å². The molecule has 3 aromatic heterocycles. The fraction of sp³-hybridized carbons (Fsp3) is 0.222. The van der Waals surface area contributed by atoms with Crippen molar-refractivity contribution in [3.63, 3.8) is 0 Å². The monoisotopic (exact) mass is 332 g/mol. The molecule has 0 saturated heterocycles. The highest BCUT2D eigenvalue weighted by molar-refractivity contribution is 6.12. The first-order valence-corrected chi connectivity index (χ1v) is 8.26. The summed E-state index contributed by atoms with van der Waals surface area (Å²) in [4.78, 5) is 26.1. The van der Waals surface area contributed by atoms with E-state index in [0.717, 1.165) is 35.6 Å². The molecule has 0 atom stereocenters. The molecule has 0 unspecified atom stereocenters. The predicted molar refractivity (Wildman–Crippen MR) is 94.0 cm³/mol. The maximum Gasteiger partial charge on any atom is 0.261 e. The van der Waals surface area contributed by atoms with Crippen LogP contribution in [-0.4, -0.2) is 39.2 Å². The Hall–Kier alpha value is -3.22. The molecule has 124 valence electrons. The summed E-state index contributed by atoms with van der Waals surface area (Å²) in [6.45, 7) is 0. The topological polar surface area (TPSA) is 78.0 Å². The molecule has 4 heterocycles. The Morgan fingerprint density at radius 1 is 1.20 bits per heavy atom. The molecule has 0 aromatic carbocycles. The van der Waals surface area contributed by atoms with Crippen molar-refractivity contribution in [1.29, 1.82) is 0 Å². The summed E-state index contributed by atoms with van der Waals surface area (Å²) < 4.78 is 0. The fourth-order valence-electron chi connectivity index (χ4n) is 3.26. The van der Waals surface area contributed by atoms with Gasteiger partial charge >= 0.3 is 0 Å². The average molecular weight is 332 g/mol. The number of anilines is 3. The third kappa shape index (κ3) is 2.12. The first-order valence-electron chi connectivity index (χ1n) is 8.26. The van der Waals surface area contributed by atoms with Crippen molar-refractivity contribution in [2.45, 2.75) is 18.9 Å². The molecule has 7 heteroatoms. The lowest BCUT2D eigenvalue weighted by Crippen LogP contribution is -2.25. The second-order valence-corrected chi connectivity index (χ2v) is 6.37. The number of aromatic nitrogens is 4. The van der Waals surface area contributed by atoms with Gasteiger partial charge in [0.05, 0.1) is 23.1 Å². The number of carbonyl (C=O) groups is 1. The summed E-state index contributed by atoms with van der Waals surface area (Å²) in [5, 5.41) is 6.82. The van der Waals surface area contributed by atoms with Gasteiger partial charge in [-0.3, -0.25) is 9.89 Å². The van der Waals surface area contributed by atoms with Gasteiger partial charge in [-0.05, 0) is 37.1 Å². The Morgan fingerprint density at radius 3 is 2.84 bits per heavy atom. The number of pyridine rings is 2. The maximum absolute atomic E-state index is 12.9. The van der Waals surface area contributed by atoms with Gasteiger partial charge in [0.1, 0.15) is 5.82 Å². The van der Waals surface area contributed by atoms with Crippen LogP contribution in [0.2, 0.25) is 0 Å². The molecule has 1 aliphatic heterocycles. The zero-order valence-corrected chi connectivity index (χ0v) is 13.7. The van der Waals surface area contributed by atoms with Crippen LogP contribution in [0.5, 0.6) is 0 Å². The van der Waals surface area contributed by atoms with Crippen molar-refractivity contribution in [1.82, 2.24) is 20.2 Å². The van der Waals surface area contributed by atoms with Crippen molar-refractivity contribution in [2.24, 2.45) is 0 Å². The second-order valence-electron chi connectivity index (χ2n) is 6.37. The molecular formula is C18H16N6O. The van der Waals surface area contributed by atoms with Gasteiger partial charge in [0.25, 0.3) is 5.91 Å². The maximum atomic E-state index is 12.9. The Morgan fingerprint density at radius 2 is 2.08 bits per heavy atom. The van der Waals surface area contributed by atoms with Crippen molar-refractivity contribution in [2.75, 3.05) is 16.8 Å². The lowest BCUT2D eigenvalue weighted by molar-refractivity contribution is 0.0994. The Balaban J connectivity index is 1.77. The van der Waals surface area contributed by atoms with Crippen LogP contribution < -0.4 is 9.80 Å². The Bertz CT molecular complexity index is 963. The van der Waals surface area contributed by atoms with E-state index in [1.165, 1.54) is 0 Å². The summed E-state index contributed by atoms with van der Waals surface area (Å²) in [5.41, 5.74) is 3.14. The highest BCUT2D eigenvalue weighted by Gasteiger charge is 2.39. The molecule has 3 aromatic rings. The van der Waals surface area contributed by atoms with Crippen molar-refractivity contribution in [3.05, 3.63) is 48.4 Å². The molecule has 0 bridgehead atoms. The third-order valence-corrected chi connectivity index (χ3v) is 4.70. The number of fused-ring (bicyclic) bond motifs is 2. The number of amides is 1. The van der Waals surface area contributed by atoms with E-state index in [1.54, 1.807) is 30.4 Å². The predicted octanol–water partition coefficient (Wildman–Crippen LogP) is 2.76. The van der Waals surface area contributed by atoms with Gasteiger partial charge in [0.15, 0.2) is 5.82 Å². The largest absolute Gasteiger partial charge is 0.308 e. The van der Waals surface area contributed by atoms with E-state index in [-0.39, 0.29) is 5.91 Å². The average Bonchev–Trinajstić information content (AvgIpc) is 3.33. The van der Waals surface area contributed by atoms with E-state index in [2.05, 4.69) is 20.1 Å². The minimum Gasteiger partial charge on any atom is -0.308 e. The van der Waals surface area contributed by atoms with Crippen LogP contribution in [0.25, 0.3) is 11.3 Å². The van der Waals surface area contributed by atoms with Crippen molar-refractivity contribution < 1.29 is 4.79 Å². The Labute approximate surface area is 144 Å². The van der Waals surface area contributed by atoms with Gasteiger partial charge in [0.2, 0.25) is 0 Å². The molecule has 5 rings (SSSR count). The minimum atomic E-state index is -0.0645. The van der Waals surface area contributed by atoms with E-state index in [9.17, 15) is 4.79 Å². The van der Waals surface area contributed by atoms with Crippen molar-refractivity contribution in [3.8, 4) is 11.3 Å². The lowest BCUT2D eigenvalue weighted by Gasteiger charge is -2.24. The quantitative estimate of drug-likeness (QED) is 0.781. The SMILES string of the molecule is CN1C(=O)c2cccnc2N(C2CC2)c2nc(-c3cn[nH]c3)ccc21. The molecule has 1 aliphatic carbocycles. The molecule has 0 radical (unpaired) electrons. The highest BCUT2D eigenvalue weighted by Crippen LogP contribution is 2.45. The van der Waals surface area contributed by atoms with Crippen LogP contribution in [0.3, 0.4) is 0 Å². The molecule has 1 saturated carbocycles. The van der Waals surface area contributed by atoms with E-state index >= 15 is 0 Å². The van der Waals surface area contributed by atoms with Gasteiger partial charge in [-0.2, -0.15) is 5.10 Å². The van der Waals surface area contributed by atoms with Gasteiger partial charge in [-0.25, -0.2) is 9.97 Å². The first kappa shape index (κ1) is 14.2. The molecule has 7 nitrogen and oxygen atoms in total. The van der Waals surface area contributed by atoms with Gasteiger partial charge in [0, 0.05) is 31.0 Å².